The van der Waals surface area contributed by atoms with Gasteiger partial charge in [0.05, 0.1) is 16.8 Å². The highest BCUT2D eigenvalue weighted by Gasteiger charge is 2.51. The number of amides is 1. The van der Waals surface area contributed by atoms with Gasteiger partial charge in [-0.3, -0.25) is 10.1 Å². The van der Waals surface area contributed by atoms with E-state index in [0.29, 0.717) is 41.6 Å². The fourth-order valence-electron chi connectivity index (χ4n) is 9.84. The number of carbonyl (C=O) groups excluding carboxylic acids is 1. The highest BCUT2D eigenvalue weighted by molar-refractivity contribution is 7.22. The molecule has 2 aromatic heterocycles. The normalized spacial score (nSPS) is 23.5. The van der Waals surface area contributed by atoms with Crippen molar-refractivity contribution in [2.45, 2.75) is 58.4 Å². The van der Waals surface area contributed by atoms with Gasteiger partial charge in [-0.2, -0.15) is 0 Å². The molecule has 5 aliphatic rings. The number of carboxylic acid groups (broad SMARTS) is 1. The van der Waals surface area contributed by atoms with Crippen LogP contribution in [0.1, 0.15) is 76.1 Å². The van der Waals surface area contributed by atoms with E-state index >= 15 is 0 Å². The summed E-state index contributed by atoms with van der Waals surface area (Å²) in [6.45, 7) is 3.86. The zero-order valence-electron chi connectivity index (χ0n) is 28.2. The van der Waals surface area contributed by atoms with Crippen LogP contribution in [0.3, 0.4) is 0 Å². The van der Waals surface area contributed by atoms with E-state index in [1.54, 1.807) is 0 Å². The van der Waals surface area contributed by atoms with Crippen molar-refractivity contribution in [2.24, 2.45) is 23.2 Å². The lowest BCUT2D eigenvalue weighted by Crippen LogP contribution is -2.48. The molecule has 10 rings (SSSR count). The Balaban J connectivity index is 0.956. The largest absolute Gasteiger partial charge is 0.493 e. The monoisotopic (exact) mass is 684 g/mol. The summed E-state index contributed by atoms with van der Waals surface area (Å²) in [4.78, 5) is 37.6. The molecule has 8 nitrogen and oxygen atoms in total. The van der Waals surface area contributed by atoms with Crippen LogP contribution < -0.4 is 15.0 Å². The molecule has 0 saturated heterocycles. The Kier molecular flexibility index (Phi) is 7.64. The van der Waals surface area contributed by atoms with Gasteiger partial charge in [0.25, 0.3) is 5.91 Å². The van der Waals surface area contributed by atoms with E-state index in [1.807, 2.05) is 73.7 Å². The fourth-order valence-corrected chi connectivity index (χ4v) is 10.7. The molecular formula is C41H40N4O4S. The third-order valence-electron chi connectivity index (χ3n) is 11.7. The zero-order valence-corrected chi connectivity index (χ0v) is 29.0. The molecule has 254 valence electrons. The minimum Gasteiger partial charge on any atom is -0.493 e. The van der Waals surface area contributed by atoms with Gasteiger partial charge in [-0.1, -0.05) is 47.7 Å². The molecule has 1 aliphatic heterocycles. The second-order valence-corrected chi connectivity index (χ2v) is 16.1. The van der Waals surface area contributed by atoms with Gasteiger partial charge in [0.1, 0.15) is 11.6 Å². The lowest BCUT2D eigenvalue weighted by Gasteiger charge is -2.56. The number of benzene rings is 3. The van der Waals surface area contributed by atoms with Gasteiger partial charge in [0.15, 0.2) is 10.8 Å². The number of carboxylic acids is 1. The molecule has 4 saturated carbocycles. The smallest absolute Gasteiger partial charge is 0.355 e. The average Bonchev–Trinajstić information content (AvgIpc) is 3.52. The van der Waals surface area contributed by atoms with Gasteiger partial charge in [0, 0.05) is 29.6 Å². The number of pyridine rings is 1. The van der Waals surface area contributed by atoms with E-state index in [-0.39, 0.29) is 17.0 Å². The molecule has 0 radical (unpaired) electrons. The number of thiazole rings is 1. The Labute approximate surface area is 295 Å². The summed E-state index contributed by atoms with van der Waals surface area (Å²) >= 11 is 1.45. The first kappa shape index (κ1) is 31.2. The number of rotatable bonds is 8. The summed E-state index contributed by atoms with van der Waals surface area (Å²) < 4.78 is 7.62. The number of nitrogens with zero attached hydrogens (tertiary/aromatic N) is 3. The van der Waals surface area contributed by atoms with Crippen molar-refractivity contribution in [1.29, 1.82) is 0 Å². The maximum atomic E-state index is 13.5. The molecule has 0 spiro atoms. The predicted octanol–water partition coefficient (Wildman–Crippen LogP) is 8.78. The van der Waals surface area contributed by atoms with Crippen LogP contribution in [0.4, 0.5) is 10.9 Å². The topological polar surface area (TPSA) is 105 Å². The number of aromatic nitrogens is 2. The Morgan fingerprint density at radius 2 is 1.68 bits per heavy atom. The van der Waals surface area contributed by atoms with Crippen molar-refractivity contribution < 1.29 is 19.4 Å². The van der Waals surface area contributed by atoms with Crippen LogP contribution in [-0.4, -0.2) is 40.1 Å². The van der Waals surface area contributed by atoms with Crippen molar-refractivity contribution in [3.63, 3.8) is 0 Å². The highest BCUT2D eigenvalue weighted by Crippen LogP contribution is 2.60. The molecule has 1 amide bonds. The molecule has 4 fully saturated rings. The van der Waals surface area contributed by atoms with Crippen LogP contribution >= 0.6 is 11.3 Å². The van der Waals surface area contributed by atoms with Crippen LogP contribution in [0, 0.1) is 30.1 Å². The van der Waals surface area contributed by atoms with Crippen molar-refractivity contribution in [2.75, 3.05) is 23.4 Å². The first-order chi connectivity index (χ1) is 24.3. The van der Waals surface area contributed by atoms with Crippen molar-refractivity contribution in [1.82, 2.24) is 9.97 Å². The van der Waals surface area contributed by atoms with E-state index in [9.17, 15) is 14.7 Å². The van der Waals surface area contributed by atoms with E-state index in [4.69, 9.17) is 9.72 Å². The highest BCUT2D eigenvalue weighted by atomic mass is 32.1. The van der Waals surface area contributed by atoms with E-state index in [0.717, 1.165) is 62.6 Å². The van der Waals surface area contributed by atoms with Gasteiger partial charge in [-0.05, 0) is 128 Å². The van der Waals surface area contributed by atoms with Crippen LogP contribution in [0.25, 0.3) is 21.3 Å². The molecule has 4 bridgehead atoms. The van der Waals surface area contributed by atoms with Gasteiger partial charge in [-0.25, -0.2) is 14.8 Å². The van der Waals surface area contributed by atoms with Crippen molar-refractivity contribution in [3.8, 4) is 16.9 Å². The number of carbonyl (C=O) groups is 2. The molecular weight excluding hydrogens is 645 g/mol. The number of para-hydroxylation sites is 1. The number of hydrogen-bond acceptors (Lipinski definition) is 7. The molecule has 0 atom stereocenters. The van der Waals surface area contributed by atoms with Crippen LogP contribution in [0.5, 0.6) is 5.75 Å². The Morgan fingerprint density at radius 1 is 0.920 bits per heavy atom. The van der Waals surface area contributed by atoms with Gasteiger partial charge < -0.3 is 14.7 Å². The molecule has 0 unspecified atom stereocenters. The Bertz CT molecular complexity index is 2090. The quantitative estimate of drug-likeness (QED) is 0.168. The van der Waals surface area contributed by atoms with Gasteiger partial charge >= 0.3 is 5.97 Å². The third-order valence-corrected chi connectivity index (χ3v) is 12.7. The Morgan fingerprint density at radius 3 is 2.44 bits per heavy atom. The number of ether oxygens (including phenoxy) is 1. The number of aromatic carboxylic acids is 1. The average molecular weight is 685 g/mol. The molecule has 9 heteroatoms. The van der Waals surface area contributed by atoms with Gasteiger partial charge in [0.2, 0.25) is 0 Å². The summed E-state index contributed by atoms with van der Waals surface area (Å²) in [7, 11) is 0. The molecule has 4 aliphatic carbocycles. The SMILES string of the molecule is Cc1c(OCC23CC4CC(CC(C4)C2)C3)cccc1-c1ccc(N2CCc3cccc(C(=O)Nc4nc5ccccc5s4)c3C2)nc1C(=O)O. The minimum atomic E-state index is -1.07. The lowest BCUT2D eigenvalue weighted by atomic mass is 9.50. The van der Waals surface area contributed by atoms with E-state index in [1.165, 1.54) is 49.9 Å². The summed E-state index contributed by atoms with van der Waals surface area (Å²) in [5, 5.41) is 14.0. The summed E-state index contributed by atoms with van der Waals surface area (Å²) in [5.41, 5.74) is 6.09. The predicted molar refractivity (Wildman–Crippen MR) is 196 cm³/mol. The van der Waals surface area contributed by atoms with E-state index < -0.39 is 5.97 Å². The molecule has 2 N–H and O–H groups in total. The van der Waals surface area contributed by atoms with Crippen molar-refractivity contribution >= 4 is 44.4 Å². The van der Waals surface area contributed by atoms with Crippen molar-refractivity contribution in [3.05, 3.63) is 101 Å². The summed E-state index contributed by atoms with van der Waals surface area (Å²) in [5.74, 6) is 2.70. The summed E-state index contributed by atoms with van der Waals surface area (Å²) in [6.07, 6.45) is 8.76. The van der Waals surface area contributed by atoms with Gasteiger partial charge in [-0.15, -0.1) is 0 Å². The third kappa shape index (κ3) is 5.61. The Hall–Kier alpha value is -4.76. The maximum Gasteiger partial charge on any atom is 0.355 e. The van der Waals surface area contributed by atoms with Crippen LogP contribution in [0.2, 0.25) is 0 Å². The van der Waals surface area contributed by atoms with E-state index in [2.05, 4.69) is 21.3 Å². The number of hydrogen-bond donors (Lipinski definition) is 2. The fraction of sp³-hybridized carbons (Fsp3) is 0.366. The first-order valence-electron chi connectivity index (χ1n) is 17.8. The standard InChI is InChI=1S/C41H40N4O4S/c1-24-29(7-5-10-34(24)49-23-41-19-25-16-26(20-41)18-27(17-25)21-41)30-12-13-36(43-37(30)39(47)48)45-15-14-28-6-4-8-31(32(28)22-45)38(46)44-40-42-33-9-2-3-11-35(33)50-40/h2-13,25-27H,14-23H2,1H3,(H,47,48)(H,42,44,46). The maximum absolute atomic E-state index is 13.5. The molecule has 5 aromatic rings. The molecule has 50 heavy (non-hydrogen) atoms. The number of fused-ring (bicyclic) bond motifs is 2. The summed E-state index contributed by atoms with van der Waals surface area (Å²) in [6, 6.07) is 23.3. The lowest BCUT2D eigenvalue weighted by molar-refractivity contribution is -0.0746. The minimum absolute atomic E-state index is 0.0106. The molecule has 3 aromatic carbocycles. The zero-order chi connectivity index (χ0) is 34.0. The second kappa shape index (κ2) is 12.2. The molecule has 3 heterocycles. The van der Waals surface area contributed by atoms with Crippen LogP contribution in [0.15, 0.2) is 72.8 Å². The second-order valence-electron chi connectivity index (χ2n) is 15.1. The number of anilines is 2. The first-order valence-corrected chi connectivity index (χ1v) is 18.6. The van der Waals surface area contributed by atoms with Crippen LogP contribution in [-0.2, 0) is 13.0 Å². The number of nitrogens with one attached hydrogen (secondary N) is 1.